The third-order valence-corrected chi connectivity index (χ3v) is 3.76. The van der Waals surface area contributed by atoms with Crippen LogP contribution in [-0.4, -0.2) is 23.2 Å². The van der Waals surface area contributed by atoms with Crippen LogP contribution in [0.1, 0.15) is 27.4 Å². The second-order valence-electron chi connectivity index (χ2n) is 5.63. The Balaban J connectivity index is 1.66. The van der Waals surface area contributed by atoms with E-state index in [4.69, 9.17) is 14.0 Å². The first kappa shape index (κ1) is 16.7. The first-order chi connectivity index (χ1) is 12.1. The molecule has 0 saturated heterocycles. The molecular weight excluding hydrogens is 320 g/mol. The van der Waals surface area contributed by atoms with Crippen LogP contribution in [0.5, 0.6) is 5.75 Å². The Kier molecular flexibility index (Phi) is 4.79. The summed E-state index contributed by atoms with van der Waals surface area (Å²) in [5, 5.41) is 3.91. The molecule has 25 heavy (non-hydrogen) atoms. The zero-order valence-corrected chi connectivity index (χ0v) is 14.3. The van der Waals surface area contributed by atoms with E-state index in [2.05, 4.69) is 10.1 Å². The van der Waals surface area contributed by atoms with Gasteiger partial charge in [-0.15, -0.1) is 0 Å². The summed E-state index contributed by atoms with van der Waals surface area (Å²) in [5.74, 6) is 0.950. The lowest BCUT2D eigenvalue weighted by Crippen LogP contribution is -2.07. The molecule has 2 aromatic carbocycles. The molecule has 1 heterocycles. The monoisotopic (exact) mass is 338 g/mol. The van der Waals surface area contributed by atoms with Crippen LogP contribution >= 0.6 is 0 Å². The molecule has 0 aliphatic rings. The highest BCUT2D eigenvalue weighted by molar-refractivity contribution is 5.91. The van der Waals surface area contributed by atoms with E-state index in [1.165, 1.54) is 0 Å². The maximum atomic E-state index is 12.2. The fraction of sp³-hybridized carbons (Fsp3) is 0.211. The first-order valence-electron chi connectivity index (χ1n) is 7.78. The van der Waals surface area contributed by atoms with Gasteiger partial charge in [0.05, 0.1) is 12.7 Å². The van der Waals surface area contributed by atoms with Crippen LogP contribution in [0.25, 0.3) is 11.4 Å². The molecule has 0 fully saturated rings. The Labute approximate surface area is 145 Å². The molecule has 0 N–H and O–H groups in total. The topological polar surface area (TPSA) is 74.5 Å². The molecule has 0 amide bonds. The van der Waals surface area contributed by atoms with E-state index in [-0.39, 0.29) is 12.5 Å². The predicted molar refractivity (Wildman–Crippen MR) is 91.3 cm³/mol. The normalized spacial score (nSPS) is 10.5. The number of esters is 1. The van der Waals surface area contributed by atoms with Crippen molar-refractivity contribution in [1.82, 2.24) is 10.1 Å². The largest absolute Gasteiger partial charge is 0.497 e. The van der Waals surface area contributed by atoms with Crippen molar-refractivity contribution in [2.45, 2.75) is 20.5 Å². The molecule has 128 valence electrons. The van der Waals surface area contributed by atoms with Crippen molar-refractivity contribution in [3.8, 4) is 17.1 Å². The van der Waals surface area contributed by atoms with E-state index in [1.807, 2.05) is 38.1 Å². The Bertz CT molecular complexity index is 885. The van der Waals surface area contributed by atoms with Crippen molar-refractivity contribution in [1.29, 1.82) is 0 Å². The standard InChI is InChI=1S/C19H18N2O4/c1-12-4-6-14(7-5-12)18-20-17(25-21-18)11-24-19(22)16-9-8-15(23-3)10-13(16)2/h4-10H,11H2,1-3H3. The number of rotatable bonds is 5. The van der Waals surface area contributed by atoms with Crippen molar-refractivity contribution in [3.63, 3.8) is 0 Å². The predicted octanol–water partition coefficient (Wildman–Crippen LogP) is 3.72. The lowest BCUT2D eigenvalue weighted by molar-refractivity contribution is 0.0429. The summed E-state index contributed by atoms with van der Waals surface area (Å²) >= 11 is 0. The molecule has 0 aliphatic heterocycles. The minimum Gasteiger partial charge on any atom is -0.497 e. The van der Waals surface area contributed by atoms with E-state index in [1.54, 1.807) is 25.3 Å². The number of ether oxygens (including phenoxy) is 2. The van der Waals surface area contributed by atoms with E-state index in [0.717, 1.165) is 16.7 Å². The van der Waals surface area contributed by atoms with Crippen molar-refractivity contribution in [2.24, 2.45) is 0 Å². The third-order valence-electron chi connectivity index (χ3n) is 3.76. The smallest absolute Gasteiger partial charge is 0.338 e. The van der Waals surface area contributed by atoms with E-state index >= 15 is 0 Å². The summed E-state index contributed by atoms with van der Waals surface area (Å²) in [6.07, 6.45) is 0. The van der Waals surface area contributed by atoms with Gasteiger partial charge in [-0.1, -0.05) is 35.0 Å². The zero-order chi connectivity index (χ0) is 17.8. The number of aromatic nitrogens is 2. The summed E-state index contributed by atoms with van der Waals surface area (Å²) in [4.78, 5) is 16.5. The van der Waals surface area contributed by atoms with Crippen molar-refractivity contribution >= 4 is 5.97 Å². The van der Waals surface area contributed by atoms with Crippen LogP contribution < -0.4 is 4.74 Å². The van der Waals surface area contributed by atoms with Gasteiger partial charge < -0.3 is 14.0 Å². The van der Waals surface area contributed by atoms with Crippen LogP contribution in [0.15, 0.2) is 47.0 Å². The summed E-state index contributed by atoms with van der Waals surface area (Å²) in [5.41, 5.74) is 3.24. The number of methoxy groups -OCH3 is 1. The number of hydrogen-bond donors (Lipinski definition) is 0. The Morgan fingerprint density at radius 1 is 1.12 bits per heavy atom. The molecule has 0 aliphatic carbocycles. The maximum absolute atomic E-state index is 12.2. The van der Waals surface area contributed by atoms with Crippen LogP contribution in [0.4, 0.5) is 0 Å². The van der Waals surface area contributed by atoms with Crippen LogP contribution in [0, 0.1) is 13.8 Å². The van der Waals surface area contributed by atoms with Gasteiger partial charge >= 0.3 is 5.97 Å². The molecule has 3 rings (SSSR count). The minimum absolute atomic E-state index is 0.0802. The van der Waals surface area contributed by atoms with Gasteiger partial charge in [-0.3, -0.25) is 0 Å². The highest BCUT2D eigenvalue weighted by Crippen LogP contribution is 2.19. The fourth-order valence-corrected chi connectivity index (χ4v) is 2.33. The molecule has 0 unspecified atom stereocenters. The highest BCUT2D eigenvalue weighted by Gasteiger charge is 2.14. The Morgan fingerprint density at radius 3 is 2.56 bits per heavy atom. The second kappa shape index (κ2) is 7.17. The van der Waals surface area contributed by atoms with Crippen LogP contribution in [-0.2, 0) is 11.3 Å². The van der Waals surface area contributed by atoms with E-state index in [9.17, 15) is 4.79 Å². The van der Waals surface area contributed by atoms with Gasteiger partial charge in [0.1, 0.15) is 5.75 Å². The van der Waals surface area contributed by atoms with Gasteiger partial charge in [0.25, 0.3) is 5.89 Å². The fourth-order valence-electron chi connectivity index (χ4n) is 2.33. The maximum Gasteiger partial charge on any atom is 0.338 e. The molecule has 6 nitrogen and oxygen atoms in total. The molecule has 0 bridgehead atoms. The molecule has 3 aromatic rings. The van der Waals surface area contributed by atoms with Crippen LogP contribution in [0.3, 0.4) is 0 Å². The summed E-state index contributed by atoms with van der Waals surface area (Å²) in [6, 6.07) is 12.9. The average Bonchev–Trinajstić information content (AvgIpc) is 3.09. The van der Waals surface area contributed by atoms with Gasteiger partial charge in [-0.2, -0.15) is 4.98 Å². The SMILES string of the molecule is COc1ccc(C(=O)OCc2nc(-c3ccc(C)cc3)no2)c(C)c1. The number of aryl methyl sites for hydroxylation is 2. The van der Waals surface area contributed by atoms with Gasteiger partial charge in [0, 0.05) is 5.56 Å². The average molecular weight is 338 g/mol. The van der Waals surface area contributed by atoms with Gasteiger partial charge in [-0.25, -0.2) is 4.79 Å². The number of benzene rings is 2. The number of hydrogen-bond acceptors (Lipinski definition) is 6. The van der Waals surface area contributed by atoms with E-state index < -0.39 is 5.97 Å². The molecule has 6 heteroatoms. The zero-order valence-electron chi connectivity index (χ0n) is 14.3. The number of nitrogens with zero attached hydrogens (tertiary/aromatic N) is 2. The van der Waals surface area contributed by atoms with Crippen molar-refractivity contribution in [3.05, 3.63) is 65.0 Å². The lowest BCUT2D eigenvalue weighted by atomic mass is 10.1. The molecule has 0 spiro atoms. The number of carbonyl (C=O) groups excluding carboxylic acids is 1. The van der Waals surface area contributed by atoms with Crippen LogP contribution in [0.2, 0.25) is 0 Å². The minimum atomic E-state index is -0.449. The summed E-state index contributed by atoms with van der Waals surface area (Å²) in [7, 11) is 1.58. The first-order valence-corrected chi connectivity index (χ1v) is 7.78. The summed E-state index contributed by atoms with van der Waals surface area (Å²) in [6.45, 7) is 3.75. The second-order valence-corrected chi connectivity index (χ2v) is 5.63. The quantitative estimate of drug-likeness (QED) is 0.660. The van der Waals surface area contributed by atoms with Gasteiger partial charge in [0.15, 0.2) is 6.61 Å². The molecule has 0 saturated carbocycles. The lowest BCUT2D eigenvalue weighted by Gasteiger charge is -2.07. The van der Waals surface area contributed by atoms with E-state index in [0.29, 0.717) is 17.1 Å². The third kappa shape index (κ3) is 3.85. The van der Waals surface area contributed by atoms with Crippen molar-refractivity contribution < 1.29 is 18.8 Å². The number of carbonyl (C=O) groups is 1. The molecule has 0 atom stereocenters. The molecule has 1 aromatic heterocycles. The molecular formula is C19H18N2O4. The highest BCUT2D eigenvalue weighted by atomic mass is 16.6. The molecule has 0 radical (unpaired) electrons. The Hall–Kier alpha value is -3.15. The Morgan fingerprint density at radius 2 is 1.88 bits per heavy atom. The van der Waals surface area contributed by atoms with Gasteiger partial charge in [0.2, 0.25) is 5.82 Å². The van der Waals surface area contributed by atoms with Crippen molar-refractivity contribution in [2.75, 3.05) is 7.11 Å². The summed E-state index contributed by atoms with van der Waals surface area (Å²) < 4.78 is 15.5. The van der Waals surface area contributed by atoms with Gasteiger partial charge in [-0.05, 0) is 37.6 Å².